The van der Waals surface area contributed by atoms with Gasteiger partial charge in [0.1, 0.15) is 0 Å². The van der Waals surface area contributed by atoms with Gasteiger partial charge in [-0.15, -0.1) is 11.3 Å². The number of nitrogens with one attached hydrogen (secondary N) is 2. The summed E-state index contributed by atoms with van der Waals surface area (Å²) in [5.74, 6) is -0.143. The maximum Gasteiger partial charge on any atom is 0.247 e. The van der Waals surface area contributed by atoms with E-state index < -0.39 is 0 Å². The monoisotopic (exact) mass is 422 g/mol. The lowest BCUT2D eigenvalue weighted by Gasteiger charge is -2.44. The molecule has 156 valence electrons. The van der Waals surface area contributed by atoms with Crippen molar-refractivity contribution in [1.29, 1.82) is 0 Å². The van der Waals surface area contributed by atoms with E-state index in [-0.39, 0.29) is 41.5 Å². The van der Waals surface area contributed by atoms with Gasteiger partial charge in [0.15, 0.2) is 5.78 Å². The number of benzene rings is 1. The van der Waals surface area contributed by atoms with E-state index >= 15 is 0 Å². The minimum absolute atomic E-state index is 0.0175. The standard InChI is InChI=1S/C23H26N4O2S/c1-26(2)13-18-15(19-9-6-10-30-19)11-16-17(21(18)28)12-24-22-20(16)23(29)27(25-22)14-7-4-3-5-8-14/h3-10,13,15-17,20,22,24-25H,11-12H2,1-2H3/b18-13-. The summed E-state index contributed by atoms with van der Waals surface area (Å²) in [6, 6.07) is 13.8. The van der Waals surface area contributed by atoms with Crippen molar-refractivity contribution in [2.45, 2.75) is 18.5 Å². The molecule has 0 bridgehead atoms. The predicted molar refractivity (Wildman–Crippen MR) is 118 cm³/mol. The van der Waals surface area contributed by atoms with E-state index in [0.29, 0.717) is 6.54 Å². The molecule has 2 saturated heterocycles. The van der Waals surface area contributed by atoms with Gasteiger partial charge in [0.2, 0.25) is 5.91 Å². The molecule has 5 rings (SSSR count). The van der Waals surface area contributed by atoms with E-state index in [2.05, 4.69) is 22.2 Å². The highest BCUT2D eigenvalue weighted by atomic mass is 32.1. The largest absolute Gasteiger partial charge is 0.383 e. The summed E-state index contributed by atoms with van der Waals surface area (Å²) < 4.78 is 0. The highest BCUT2D eigenvalue weighted by Crippen LogP contribution is 2.48. The fraction of sp³-hybridized carbons (Fsp3) is 0.391. The van der Waals surface area contributed by atoms with Crippen LogP contribution in [0, 0.1) is 17.8 Å². The van der Waals surface area contributed by atoms with Crippen LogP contribution in [0.25, 0.3) is 0 Å². The number of thiophene rings is 1. The molecule has 6 nitrogen and oxygen atoms in total. The van der Waals surface area contributed by atoms with Crippen molar-refractivity contribution in [3.05, 3.63) is 64.5 Å². The summed E-state index contributed by atoms with van der Waals surface area (Å²) in [5.41, 5.74) is 5.04. The molecule has 30 heavy (non-hydrogen) atoms. The van der Waals surface area contributed by atoms with Gasteiger partial charge in [-0.25, -0.2) is 10.4 Å². The molecule has 0 radical (unpaired) electrons. The topological polar surface area (TPSA) is 64.7 Å². The third kappa shape index (κ3) is 3.17. The van der Waals surface area contributed by atoms with Crippen LogP contribution in [0.1, 0.15) is 17.2 Å². The van der Waals surface area contributed by atoms with Crippen molar-refractivity contribution in [3.8, 4) is 0 Å². The van der Waals surface area contributed by atoms with E-state index in [1.54, 1.807) is 16.3 Å². The van der Waals surface area contributed by atoms with Crippen molar-refractivity contribution >= 4 is 28.7 Å². The molecule has 1 aliphatic carbocycles. The minimum Gasteiger partial charge on any atom is -0.383 e. The zero-order valence-electron chi connectivity index (χ0n) is 17.1. The number of ketones is 1. The number of fused-ring (bicyclic) bond motifs is 3. The molecule has 7 heteroatoms. The molecule has 1 aromatic heterocycles. The fourth-order valence-corrected chi connectivity index (χ4v) is 6.04. The van der Waals surface area contributed by atoms with Crippen molar-refractivity contribution in [1.82, 2.24) is 15.6 Å². The second kappa shape index (κ2) is 7.65. The van der Waals surface area contributed by atoms with Crippen molar-refractivity contribution in [3.63, 3.8) is 0 Å². The second-order valence-electron chi connectivity index (χ2n) is 8.54. The van der Waals surface area contributed by atoms with Crippen LogP contribution in [-0.2, 0) is 9.59 Å². The number of Topliss-reactive ketones (excluding diaryl/α,β-unsaturated/α-hetero) is 1. The minimum atomic E-state index is -0.253. The van der Waals surface area contributed by atoms with Crippen LogP contribution in [0.3, 0.4) is 0 Å². The Hall–Kier alpha value is -2.48. The molecule has 3 aliphatic rings. The predicted octanol–water partition coefficient (Wildman–Crippen LogP) is 2.58. The zero-order chi connectivity index (χ0) is 20.8. The maximum atomic E-state index is 13.6. The quantitative estimate of drug-likeness (QED) is 0.745. The van der Waals surface area contributed by atoms with Crippen molar-refractivity contribution in [2.24, 2.45) is 17.8 Å². The molecular formula is C23H26N4O2S. The Balaban J connectivity index is 1.50. The molecule has 3 heterocycles. The highest BCUT2D eigenvalue weighted by Gasteiger charge is 2.55. The molecule has 0 spiro atoms. The van der Waals surface area contributed by atoms with E-state index in [0.717, 1.165) is 17.7 Å². The first-order valence-corrected chi connectivity index (χ1v) is 11.3. The molecule has 1 aromatic carbocycles. The fourth-order valence-electron chi connectivity index (χ4n) is 5.19. The number of hydrazine groups is 1. The van der Waals surface area contributed by atoms with Gasteiger partial charge >= 0.3 is 0 Å². The number of nitrogens with zero attached hydrogens (tertiary/aromatic N) is 2. The normalized spacial score (nSPS) is 32.3. The number of hydrogen-bond acceptors (Lipinski definition) is 6. The molecule has 1 saturated carbocycles. The lowest BCUT2D eigenvalue weighted by atomic mass is 9.63. The summed E-state index contributed by atoms with van der Waals surface area (Å²) in [5, 5.41) is 7.14. The summed E-state index contributed by atoms with van der Waals surface area (Å²) in [6.45, 7) is 0.593. The number of hydrogen-bond donors (Lipinski definition) is 2. The van der Waals surface area contributed by atoms with Crippen LogP contribution in [0.4, 0.5) is 5.69 Å². The number of carbonyl (C=O) groups excluding carboxylic acids is 2. The molecule has 3 fully saturated rings. The number of carbonyl (C=O) groups is 2. The Morgan fingerprint density at radius 2 is 1.93 bits per heavy atom. The first-order chi connectivity index (χ1) is 14.5. The number of piperidine rings is 1. The van der Waals surface area contributed by atoms with Gasteiger partial charge in [-0.1, -0.05) is 24.3 Å². The van der Waals surface area contributed by atoms with Crippen LogP contribution >= 0.6 is 11.3 Å². The lowest BCUT2D eigenvalue weighted by Crippen LogP contribution is -2.58. The average molecular weight is 423 g/mol. The summed E-state index contributed by atoms with van der Waals surface area (Å²) in [7, 11) is 3.91. The number of allylic oxidation sites excluding steroid dienone is 1. The number of rotatable bonds is 3. The Morgan fingerprint density at radius 1 is 1.13 bits per heavy atom. The van der Waals surface area contributed by atoms with E-state index in [9.17, 15) is 9.59 Å². The van der Waals surface area contributed by atoms with E-state index in [4.69, 9.17) is 0 Å². The number of para-hydroxylation sites is 1. The number of amides is 1. The summed E-state index contributed by atoms with van der Waals surface area (Å²) in [6.07, 6.45) is 2.64. The van der Waals surface area contributed by atoms with Crippen LogP contribution in [0.2, 0.25) is 0 Å². The van der Waals surface area contributed by atoms with E-state index in [1.165, 1.54) is 4.88 Å². The van der Waals surface area contributed by atoms with Gasteiger partial charge in [-0.05, 0) is 35.9 Å². The molecule has 2 aromatic rings. The molecule has 1 amide bonds. The van der Waals surface area contributed by atoms with Gasteiger partial charge in [0.25, 0.3) is 0 Å². The first-order valence-electron chi connectivity index (χ1n) is 10.4. The molecule has 5 unspecified atom stereocenters. The molecule has 5 atom stereocenters. The molecular weight excluding hydrogens is 396 g/mol. The summed E-state index contributed by atoms with van der Waals surface area (Å²) in [4.78, 5) is 30.2. The highest BCUT2D eigenvalue weighted by molar-refractivity contribution is 7.10. The Kier molecular flexibility index (Phi) is 4.97. The SMILES string of the molecule is CN(C)/C=C1\C(=O)C2CNC3NN(c4ccccc4)C(=O)C3C2CC1c1cccs1. The van der Waals surface area contributed by atoms with Crippen LogP contribution < -0.4 is 15.8 Å². The van der Waals surface area contributed by atoms with E-state index in [1.807, 2.05) is 61.6 Å². The van der Waals surface area contributed by atoms with Crippen LogP contribution in [0.5, 0.6) is 0 Å². The Morgan fingerprint density at radius 3 is 2.63 bits per heavy atom. The van der Waals surface area contributed by atoms with Crippen molar-refractivity contribution < 1.29 is 9.59 Å². The van der Waals surface area contributed by atoms with Gasteiger partial charge < -0.3 is 4.90 Å². The molecule has 2 N–H and O–H groups in total. The third-order valence-corrected chi connectivity index (χ3v) is 7.46. The van der Waals surface area contributed by atoms with Gasteiger partial charge in [-0.2, -0.15) is 0 Å². The van der Waals surface area contributed by atoms with Crippen LogP contribution in [0.15, 0.2) is 59.6 Å². The molecule has 2 aliphatic heterocycles. The Bertz CT molecular complexity index is 972. The van der Waals surface area contributed by atoms with Gasteiger partial charge in [-0.3, -0.25) is 14.9 Å². The van der Waals surface area contributed by atoms with Gasteiger partial charge in [0, 0.05) is 49.1 Å². The zero-order valence-corrected chi connectivity index (χ0v) is 17.9. The van der Waals surface area contributed by atoms with Gasteiger partial charge in [0.05, 0.1) is 17.8 Å². The number of anilines is 1. The first kappa shape index (κ1) is 19.5. The Labute approximate surface area is 180 Å². The average Bonchev–Trinajstić information content (AvgIpc) is 3.39. The van der Waals surface area contributed by atoms with Crippen molar-refractivity contribution in [2.75, 3.05) is 25.6 Å². The third-order valence-electron chi connectivity index (χ3n) is 6.47. The smallest absolute Gasteiger partial charge is 0.247 e. The second-order valence-corrected chi connectivity index (χ2v) is 9.52. The maximum absolute atomic E-state index is 13.6. The lowest BCUT2D eigenvalue weighted by molar-refractivity contribution is -0.130. The summed E-state index contributed by atoms with van der Waals surface area (Å²) >= 11 is 1.69. The van der Waals surface area contributed by atoms with Crippen LogP contribution in [-0.4, -0.2) is 43.4 Å².